The summed E-state index contributed by atoms with van der Waals surface area (Å²) in [6.07, 6.45) is 7.70. The summed E-state index contributed by atoms with van der Waals surface area (Å²) in [6, 6.07) is 0. The van der Waals surface area contributed by atoms with E-state index in [4.69, 9.17) is 0 Å². The van der Waals surface area contributed by atoms with Crippen LogP contribution in [-0.4, -0.2) is 0 Å². The van der Waals surface area contributed by atoms with Gasteiger partial charge >= 0.3 is 0 Å². The van der Waals surface area contributed by atoms with Crippen LogP contribution in [0.15, 0.2) is 36.2 Å². The summed E-state index contributed by atoms with van der Waals surface area (Å²) in [4.78, 5) is 0. The fraction of sp³-hybridized carbons (Fsp3) is 0.455. The van der Waals surface area contributed by atoms with Crippen LogP contribution in [0.3, 0.4) is 0 Å². The first kappa shape index (κ1) is 11.2. The normalized spacial score (nSPS) is 13.2. The summed E-state index contributed by atoms with van der Waals surface area (Å²) >= 11 is 0. The van der Waals surface area contributed by atoms with Crippen molar-refractivity contribution in [2.75, 3.05) is 0 Å². The Morgan fingerprint density at radius 1 is 1.33 bits per heavy atom. The predicted octanol–water partition coefficient (Wildman–Crippen LogP) is 4.16. The van der Waals surface area contributed by atoms with Crippen LogP contribution in [0.5, 0.6) is 0 Å². The minimum absolute atomic E-state index is 0.267. The molecule has 0 saturated carbocycles. The molecule has 0 spiro atoms. The first-order valence-electron chi connectivity index (χ1n) is 4.42. The molecule has 0 saturated heterocycles. The monoisotopic (exact) mass is 168 g/mol. The standard InChI is InChI=1S/C11H17F/c1-4-7-10(5-2)8-9-11(12)6-3/h6,8-9H,3-5,7H2,1-2H3/b10-8-,11-9+. The highest BCUT2D eigenvalue weighted by Crippen LogP contribution is 2.10. The average Bonchev–Trinajstić information content (AvgIpc) is 2.11. The minimum atomic E-state index is -0.267. The first-order chi connectivity index (χ1) is 5.74. The fourth-order valence-corrected chi connectivity index (χ4v) is 0.965. The van der Waals surface area contributed by atoms with Crippen molar-refractivity contribution in [2.24, 2.45) is 0 Å². The Morgan fingerprint density at radius 2 is 2.00 bits per heavy atom. The predicted molar refractivity (Wildman–Crippen MR) is 52.7 cm³/mol. The molecule has 0 bridgehead atoms. The molecule has 0 atom stereocenters. The van der Waals surface area contributed by atoms with Crippen LogP contribution in [0.1, 0.15) is 33.1 Å². The summed E-state index contributed by atoms with van der Waals surface area (Å²) in [5.41, 5.74) is 1.29. The van der Waals surface area contributed by atoms with Gasteiger partial charge in [-0.15, -0.1) is 0 Å². The lowest BCUT2D eigenvalue weighted by molar-refractivity contribution is 0.667. The third kappa shape index (κ3) is 4.89. The molecule has 68 valence electrons. The number of hydrogen-bond donors (Lipinski definition) is 0. The number of rotatable bonds is 5. The third-order valence-corrected chi connectivity index (χ3v) is 1.70. The van der Waals surface area contributed by atoms with Gasteiger partial charge in [0.25, 0.3) is 0 Å². The first-order valence-corrected chi connectivity index (χ1v) is 4.42. The largest absolute Gasteiger partial charge is 0.207 e. The van der Waals surface area contributed by atoms with Crippen LogP contribution in [-0.2, 0) is 0 Å². The molecule has 0 N–H and O–H groups in total. The Bertz CT molecular complexity index is 187. The maximum Gasteiger partial charge on any atom is 0.122 e. The molecule has 0 aliphatic heterocycles. The SMILES string of the molecule is C=C/C(F)=C\C=C(\CC)CCC. The van der Waals surface area contributed by atoms with E-state index >= 15 is 0 Å². The topological polar surface area (TPSA) is 0 Å². The fourth-order valence-electron chi connectivity index (χ4n) is 0.965. The molecule has 12 heavy (non-hydrogen) atoms. The lowest BCUT2D eigenvalue weighted by atomic mass is 10.1. The van der Waals surface area contributed by atoms with Crippen LogP contribution >= 0.6 is 0 Å². The van der Waals surface area contributed by atoms with Gasteiger partial charge in [-0.3, -0.25) is 0 Å². The van der Waals surface area contributed by atoms with Gasteiger partial charge < -0.3 is 0 Å². The van der Waals surface area contributed by atoms with E-state index in [-0.39, 0.29) is 5.83 Å². The van der Waals surface area contributed by atoms with E-state index in [0.29, 0.717) is 0 Å². The van der Waals surface area contributed by atoms with Crippen LogP contribution in [0.2, 0.25) is 0 Å². The molecular formula is C11H17F. The summed E-state index contributed by atoms with van der Waals surface area (Å²) in [7, 11) is 0. The van der Waals surface area contributed by atoms with E-state index in [2.05, 4.69) is 20.4 Å². The molecule has 0 heterocycles. The van der Waals surface area contributed by atoms with Gasteiger partial charge in [-0.05, 0) is 25.0 Å². The van der Waals surface area contributed by atoms with Crippen molar-refractivity contribution in [3.8, 4) is 0 Å². The minimum Gasteiger partial charge on any atom is -0.207 e. The number of hydrogen-bond acceptors (Lipinski definition) is 0. The van der Waals surface area contributed by atoms with Gasteiger partial charge in [0.15, 0.2) is 0 Å². The van der Waals surface area contributed by atoms with Crippen molar-refractivity contribution in [2.45, 2.75) is 33.1 Å². The van der Waals surface area contributed by atoms with Crippen molar-refractivity contribution in [1.82, 2.24) is 0 Å². The Labute approximate surface area is 74.5 Å². The van der Waals surface area contributed by atoms with E-state index in [0.717, 1.165) is 19.3 Å². The summed E-state index contributed by atoms with van der Waals surface area (Å²) in [5.74, 6) is -0.267. The molecule has 0 unspecified atom stereocenters. The third-order valence-electron chi connectivity index (χ3n) is 1.70. The molecule has 0 rings (SSSR count). The molecular weight excluding hydrogens is 151 g/mol. The Morgan fingerprint density at radius 3 is 2.42 bits per heavy atom. The van der Waals surface area contributed by atoms with Crippen molar-refractivity contribution in [1.29, 1.82) is 0 Å². The molecule has 0 aromatic heterocycles. The van der Waals surface area contributed by atoms with Crippen LogP contribution in [0.25, 0.3) is 0 Å². The summed E-state index contributed by atoms with van der Waals surface area (Å²) in [6.45, 7) is 7.54. The van der Waals surface area contributed by atoms with E-state index in [1.807, 2.05) is 6.08 Å². The second-order valence-electron chi connectivity index (χ2n) is 2.68. The second-order valence-corrected chi connectivity index (χ2v) is 2.68. The zero-order chi connectivity index (χ0) is 9.40. The van der Waals surface area contributed by atoms with Gasteiger partial charge in [-0.2, -0.15) is 0 Å². The zero-order valence-electron chi connectivity index (χ0n) is 7.94. The van der Waals surface area contributed by atoms with Gasteiger partial charge in [-0.25, -0.2) is 4.39 Å². The average molecular weight is 168 g/mol. The summed E-state index contributed by atoms with van der Waals surface area (Å²) in [5, 5.41) is 0. The van der Waals surface area contributed by atoms with Crippen molar-refractivity contribution < 1.29 is 4.39 Å². The molecule has 0 radical (unpaired) electrons. The molecule has 0 aliphatic rings. The molecule has 1 heteroatoms. The Hall–Kier alpha value is -0.850. The van der Waals surface area contributed by atoms with E-state index in [9.17, 15) is 4.39 Å². The maximum atomic E-state index is 12.6. The van der Waals surface area contributed by atoms with Gasteiger partial charge in [-0.1, -0.05) is 38.5 Å². The number of halogens is 1. The Balaban J connectivity index is 4.18. The highest BCUT2D eigenvalue weighted by atomic mass is 19.1. The molecule has 0 fully saturated rings. The second kappa shape index (κ2) is 6.84. The highest BCUT2D eigenvalue weighted by molar-refractivity contribution is 5.19. The zero-order valence-corrected chi connectivity index (χ0v) is 7.94. The van der Waals surface area contributed by atoms with Gasteiger partial charge in [0, 0.05) is 0 Å². The van der Waals surface area contributed by atoms with Crippen LogP contribution in [0.4, 0.5) is 4.39 Å². The molecule has 0 amide bonds. The van der Waals surface area contributed by atoms with Gasteiger partial charge in [0.2, 0.25) is 0 Å². The molecule has 0 aliphatic carbocycles. The van der Waals surface area contributed by atoms with Crippen molar-refractivity contribution >= 4 is 0 Å². The highest BCUT2D eigenvalue weighted by Gasteiger charge is 1.90. The van der Waals surface area contributed by atoms with E-state index in [1.165, 1.54) is 17.7 Å². The Kier molecular flexibility index (Phi) is 6.35. The lowest BCUT2D eigenvalue weighted by Crippen LogP contribution is -1.78. The smallest absolute Gasteiger partial charge is 0.122 e. The molecule has 0 nitrogen and oxygen atoms in total. The quantitative estimate of drug-likeness (QED) is 0.541. The van der Waals surface area contributed by atoms with E-state index < -0.39 is 0 Å². The molecule has 0 aromatic carbocycles. The lowest BCUT2D eigenvalue weighted by Gasteiger charge is -1.98. The van der Waals surface area contributed by atoms with Crippen molar-refractivity contribution in [3.05, 3.63) is 36.2 Å². The number of allylic oxidation sites excluding steroid dienone is 5. The summed E-state index contributed by atoms with van der Waals surface area (Å²) < 4.78 is 12.6. The maximum absolute atomic E-state index is 12.6. The van der Waals surface area contributed by atoms with Crippen LogP contribution in [0, 0.1) is 0 Å². The van der Waals surface area contributed by atoms with Crippen LogP contribution < -0.4 is 0 Å². The van der Waals surface area contributed by atoms with Gasteiger partial charge in [0.05, 0.1) is 0 Å². The van der Waals surface area contributed by atoms with Gasteiger partial charge in [0.1, 0.15) is 5.83 Å². The molecule has 0 aromatic rings. The van der Waals surface area contributed by atoms with Crippen molar-refractivity contribution in [3.63, 3.8) is 0 Å². The van der Waals surface area contributed by atoms with E-state index in [1.54, 1.807) is 0 Å².